The van der Waals surface area contributed by atoms with Gasteiger partial charge in [-0.3, -0.25) is 0 Å². The van der Waals surface area contributed by atoms with E-state index in [0.717, 1.165) is 33.3 Å². The first-order chi connectivity index (χ1) is 13.2. The molecule has 0 spiro atoms. The van der Waals surface area contributed by atoms with E-state index < -0.39 is 0 Å². The van der Waals surface area contributed by atoms with E-state index in [1.165, 1.54) is 0 Å². The van der Waals surface area contributed by atoms with Gasteiger partial charge in [0.15, 0.2) is 0 Å². The molecule has 0 aliphatic heterocycles. The summed E-state index contributed by atoms with van der Waals surface area (Å²) in [5.74, 6) is 0.602. The van der Waals surface area contributed by atoms with Gasteiger partial charge in [-0.1, -0.05) is 30.8 Å². The molecule has 27 heavy (non-hydrogen) atoms. The summed E-state index contributed by atoms with van der Waals surface area (Å²) in [6, 6.07) is 17.3. The molecule has 0 aliphatic rings. The normalized spacial score (nSPS) is 10.7. The van der Waals surface area contributed by atoms with Crippen LogP contribution in [0.25, 0.3) is 39.0 Å². The molecule has 1 N–H and O–H groups in total. The Morgan fingerprint density at radius 2 is 1.78 bits per heavy atom. The van der Waals surface area contributed by atoms with E-state index in [1.807, 2.05) is 48.5 Å². The van der Waals surface area contributed by atoms with Crippen molar-refractivity contribution in [3.05, 3.63) is 79.3 Å². The van der Waals surface area contributed by atoms with E-state index in [9.17, 15) is 5.11 Å². The van der Waals surface area contributed by atoms with Gasteiger partial charge in [-0.25, -0.2) is 15.0 Å². The van der Waals surface area contributed by atoms with Crippen molar-refractivity contribution in [2.45, 2.75) is 0 Å². The van der Waals surface area contributed by atoms with Crippen LogP contribution in [0.2, 0.25) is 0 Å². The molecule has 0 amide bonds. The number of methoxy groups -OCH3 is 1. The maximum absolute atomic E-state index is 9.70. The van der Waals surface area contributed by atoms with Gasteiger partial charge < -0.3 is 9.84 Å². The van der Waals surface area contributed by atoms with E-state index in [2.05, 4.69) is 27.6 Å². The highest BCUT2D eigenvalue weighted by Crippen LogP contribution is 2.30. The third-order valence-electron chi connectivity index (χ3n) is 4.38. The van der Waals surface area contributed by atoms with Crippen LogP contribution in [0.15, 0.2) is 73.7 Å². The number of pyridine rings is 1. The predicted molar refractivity (Wildman–Crippen MR) is 106 cm³/mol. The summed E-state index contributed by atoms with van der Waals surface area (Å²) in [7, 11) is 1.59. The average molecular weight is 355 g/mol. The molecule has 0 aliphatic carbocycles. The average Bonchev–Trinajstić information content (AvgIpc) is 2.73. The van der Waals surface area contributed by atoms with Crippen molar-refractivity contribution >= 4 is 16.7 Å². The highest BCUT2D eigenvalue weighted by Gasteiger charge is 2.10. The molecule has 5 nitrogen and oxygen atoms in total. The number of hydrogen-bond donors (Lipinski definition) is 1. The number of ether oxygens (including phenoxy) is 1. The van der Waals surface area contributed by atoms with Crippen molar-refractivity contribution in [2.75, 3.05) is 7.11 Å². The molecule has 0 saturated heterocycles. The molecular formula is C22H17N3O2. The SMILES string of the molecule is C=C(O)c1cccc(-c2ncnc3ccc(-c4ccc(OC)nc4)cc23)c1. The first-order valence-corrected chi connectivity index (χ1v) is 8.39. The van der Waals surface area contributed by atoms with Crippen molar-refractivity contribution in [3.63, 3.8) is 0 Å². The van der Waals surface area contributed by atoms with Crippen molar-refractivity contribution in [2.24, 2.45) is 0 Å². The zero-order chi connectivity index (χ0) is 18.8. The third kappa shape index (κ3) is 3.22. The minimum Gasteiger partial charge on any atom is -0.508 e. The fourth-order valence-electron chi connectivity index (χ4n) is 2.98. The molecule has 0 unspecified atom stereocenters. The minimum absolute atomic E-state index is 0.0280. The molecule has 4 aromatic rings. The molecule has 2 aromatic heterocycles. The second-order valence-electron chi connectivity index (χ2n) is 6.07. The number of aromatic nitrogens is 3. The standard InChI is InChI=1S/C22H17N3O2/c1-14(26)15-4-3-5-17(10-15)22-19-11-16(6-8-20(19)24-13-25-22)18-7-9-21(27-2)23-12-18/h3-13,26H,1H2,2H3. The van der Waals surface area contributed by atoms with Gasteiger partial charge in [-0.05, 0) is 29.8 Å². The summed E-state index contributed by atoms with van der Waals surface area (Å²) < 4.78 is 5.12. The van der Waals surface area contributed by atoms with Gasteiger partial charge in [0.1, 0.15) is 12.1 Å². The fourth-order valence-corrected chi connectivity index (χ4v) is 2.98. The van der Waals surface area contributed by atoms with Gasteiger partial charge in [0.05, 0.1) is 18.3 Å². The van der Waals surface area contributed by atoms with Crippen molar-refractivity contribution in [3.8, 4) is 28.3 Å². The van der Waals surface area contributed by atoms with Crippen LogP contribution in [-0.2, 0) is 0 Å². The van der Waals surface area contributed by atoms with E-state index in [1.54, 1.807) is 19.6 Å². The van der Waals surface area contributed by atoms with Crippen molar-refractivity contribution in [1.82, 2.24) is 15.0 Å². The Hall–Kier alpha value is -3.73. The molecule has 2 heterocycles. The molecule has 0 saturated carbocycles. The lowest BCUT2D eigenvalue weighted by molar-refractivity contribution is 0.398. The lowest BCUT2D eigenvalue weighted by Gasteiger charge is -2.09. The Bertz CT molecular complexity index is 1140. The van der Waals surface area contributed by atoms with Gasteiger partial charge in [0.25, 0.3) is 0 Å². The summed E-state index contributed by atoms with van der Waals surface area (Å²) in [6.45, 7) is 3.60. The second-order valence-corrected chi connectivity index (χ2v) is 6.07. The number of aliphatic hydroxyl groups is 1. The van der Waals surface area contributed by atoms with Crippen LogP contribution in [-0.4, -0.2) is 27.2 Å². The molecule has 2 aromatic carbocycles. The maximum atomic E-state index is 9.70. The topological polar surface area (TPSA) is 68.1 Å². The van der Waals surface area contributed by atoms with E-state index >= 15 is 0 Å². The Morgan fingerprint density at radius 1 is 0.926 bits per heavy atom. The zero-order valence-electron chi connectivity index (χ0n) is 14.8. The van der Waals surface area contributed by atoms with Crippen LogP contribution in [0.5, 0.6) is 5.88 Å². The van der Waals surface area contributed by atoms with Crippen LogP contribution < -0.4 is 4.74 Å². The molecule has 0 atom stereocenters. The molecular weight excluding hydrogens is 338 g/mol. The Labute approximate surface area is 156 Å². The van der Waals surface area contributed by atoms with E-state index in [-0.39, 0.29) is 5.76 Å². The van der Waals surface area contributed by atoms with Crippen LogP contribution in [0.1, 0.15) is 5.56 Å². The Morgan fingerprint density at radius 3 is 2.52 bits per heavy atom. The molecule has 4 rings (SSSR count). The molecule has 0 radical (unpaired) electrons. The number of nitrogens with zero attached hydrogens (tertiary/aromatic N) is 3. The highest BCUT2D eigenvalue weighted by molar-refractivity contribution is 5.95. The van der Waals surface area contributed by atoms with Gasteiger partial charge in [0.2, 0.25) is 5.88 Å². The van der Waals surface area contributed by atoms with Crippen LogP contribution in [0.3, 0.4) is 0 Å². The van der Waals surface area contributed by atoms with Crippen molar-refractivity contribution in [1.29, 1.82) is 0 Å². The summed E-state index contributed by atoms with van der Waals surface area (Å²) in [6.07, 6.45) is 3.33. The lowest BCUT2D eigenvalue weighted by atomic mass is 10.00. The molecule has 132 valence electrons. The largest absolute Gasteiger partial charge is 0.508 e. The van der Waals surface area contributed by atoms with Gasteiger partial charge in [-0.2, -0.15) is 0 Å². The number of benzene rings is 2. The number of aliphatic hydroxyl groups excluding tert-OH is 1. The van der Waals surface area contributed by atoms with Gasteiger partial charge >= 0.3 is 0 Å². The minimum atomic E-state index is 0.0280. The summed E-state index contributed by atoms with van der Waals surface area (Å²) in [4.78, 5) is 13.1. The molecule has 0 fully saturated rings. The Balaban J connectivity index is 1.86. The second kappa shape index (κ2) is 6.88. The lowest BCUT2D eigenvalue weighted by Crippen LogP contribution is -1.92. The summed E-state index contributed by atoms with van der Waals surface area (Å²) >= 11 is 0. The van der Waals surface area contributed by atoms with Crippen LogP contribution in [0.4, 0.5) is 0 Å². The van der Waals surface area contributed by atoms with Crippen molar-refractivity contribution < 1.29 is 9.84 Å². The number of fused-ring (bicyclic) bond motifs is 1. The quantitative estimate of drug-likeness (QED) is 0.528. The monoisotopic (exact) mass is 355 g/mol. The number of rotatable bonds is 4. The third-order valence-corrected chi connectivity index (χ3v) is 4.38. The van der Waals surface area contributed by atoms with Gasteiger partial charge in [0, 0.05) is 34.3 Å². The predicted octanol–water partition coefficient (Wildman–Crippen LogP) is 4.90. The Kier molecular flexibility index (Phi) is 4.26. The first-order valence-electron chi connectivity index (χ1n) is 8.39. The van der Waals surface area contributed by atoms with Crippen LogP contribution in [0, 0.1) is 0 Å². The molecule has 0 bridgehead atoms. The summed E-state index contributed by atoms with van der Waals surface area (Å²) in [5.41, 5.74) is 5.18. The zero-order valence-corrected chi connectivity index (χ0v) is 14.8. The van der Waals surface area contributed by atoms with E-state index in [4.69, 9.17) is 4.74 Å². The molecule has 5 heteroatoms. The van der Waals surface area contributed by atoms with Crippen LogP contribution >= 0.6 is 0 Å². The van der Waals surface area contributed by atoms with E-state index in [0.29, 0.717) is 11.4 Å². The van der Waals surface area contributed by atoms with Gasteiger partial charge in [-0.15, -0.1) is 0 Å². The summed E-state index contributed by atoms with van der Waals surface area (Å²) in [5, 5.41) is 10.6. The first kappa shape index (κ1) is 16.7. The number of hydrogen-bond acceptors (Lipinski definition) is 5. The fraction of sp³-hybridized carbons (Fsp3) is 0.0455. The smallest absolute Gasteiger partial charge is 0.212 e. The maximum Gasteiger partial charge on any atom is 0.212 e. The highest BCUT2D eigenvalue weighted by atomic mass is 16.5.